The Morgan fingerprint density at radius 3 is 2.62 bits per heavy atom. The van der Waals surface area contributed by atoms with E-state index >= 15 is 0 Å². The van der Waals surface area contributed by atoms with Crippen molar-refractivity contribution in [2.24, 2.45) is 0 Å². The number of anilines is 1. The fourth-order valence-corrected chi connectivity index (χ4v) is 5.29. The van der Waals surface area contributed by atoms with Gasteiger partial charge in [0.1, 0.15) is 13.1 Å². The average molecular weight is 539 g/mol. The van der Waals surface area contributed by atoms with Crippen molar-refractivity contribution in [2.75, 3.05) is 38.2 Å². The van der Waals surface area contributed by atoms with Gasteiger partial charge in [-0.3, -0.25) is 24.1 Å². The van der Waals surface area contributed by atoms with Gasteiger partial charge in [0, 0.05) is 46.5 Å². The second-order valence-electron chi connectivity index (χ2n) is 8.55. The number of benzene rings is 2. The molecule has 9 nitrogen and oxygen atoms in total. The molecule has 2 aliphatic heterocycles. The molecule has 5 rings (SSSR count). The number of nitrogens with one attached hydrogen (secondary N) is 1. The molecule has 1 N–H and O–H groups in total. The SMILES string of the molecule is O=C(CN1C(=O)S/C(=C\c2cn(CC(=O)N3CCOCC3)c3ccccc23)C1=O)Nc1cccc(Cl)c1. The Hall–Kier alpha value is -3.60. The third-order valence-electron chi connectivity index (χ3n) is 6.06. The van der Waals surface area contributed by atoms with Gasteiger partial charge in [0.25, 0.3) is 11.1 Å². The van der Waals surface area contributed by atoms with Crippen LogP contribution < -0.4 is 5.32 Å². The van der Waals surface area contributed by atoms with Crippen molar-refractivity contribution in [3.05, 3.63) is 70.2 Å². The van der Waals surface area contributed by atoms with E-state index in [2.05, 4.69) is 5.32 Å². The van der Waals surface area contributed by atoms with Crippen LogP contribution in [0, 0.1) is 0 Å². The molecule has 0 atom stereocenters. The lowest BCUT2D eigenvalue weighted by Crippen LogP contribution is -2.42. The van der Waals surface area contributed by atoms with E-state index in [1.54, 1.807) is 35.2 Å². The molecular formula is C26H23ClN4O5S. The molecule has 0 bridgehead atoms. The van der Waals surface area contributed by atoms with Gasteiger partial charge in [-0.25, -0.2) is 0 Å². The van der Waals surface area contributed by atoms with Crippen molar-refractivity contribution in [1.82, 2.24) is 14.4 Å². The number of halogens is 1. The fraction of sp³-hybridized carbons (Fsp3) is 0.231. The number of hydrogen-bond donors (Lipinski definition) is 1. The number of imide groups is 1. The Balaban J connectivity index is 1.34. The highest BCUT2D eigenvalue weighted by atomic mass is 35.5. The van der Waals surface area contributed by atoms with Crippen molar-refractivity contribution < 1.29 is 23.9 Å². The molecule has 190 valence electrons. The lowest BCUT2D eigenvalue weighted by Gasteiger charge is -2.27. The quantitative estimate of drug-likeness (QED) is 0.479. The standard InChI is InChI=1S/C26H23ClN4O5S/c27-18-4-3-5-19(13-18)28-23(32)15-31-25(34)22(37-26(31)35)12-17-14-30(21-7-2-1-6-20(17)21)16-24(33)29-8-10-36-11-9-29/h1-7,12-14H,8-11,15-16H2,(H,28,32)/b22-12-. The molecule has 37 heavy (non-hydrogen) atoms. The van der Waals surface area contributed by atoms with Crippen LogP contribution in [0.1, 0.15) is 5.56 Å². The van der Waals surface area contributed by atoms with Gasteiger partial charge in [-0.1, -0.05) is 35.9 Å². The van der Waals surface area contributed by atoms with Gasteiger partial charge in [-0.2, -0.15) is 0 Å². The first-order valence-corrected chi connectivity index (χ1v) is 12.8. The summed E-state index contributed by atoms with van der Waals surface area (Å²) in [4.78, 5) is 53.8. The summed E-state index contributed by atoms with van der Waals surface area (Å²) in [5, 5.41) is 3.42. The Morgan fingerprint density at radius 1 is 1.05 bits per heavy atom. The van der Waals surface area contributed by atoms with Crippen LogP contribution in [0.5, 0.6) is 0 Å². The lowest BCUT2D eigenvalue weighted by molar-refractivity contribution is -0.135. The largest absolute Gasteiger partial charge is 0.378 e. The lowest BCUT2D eigenvalue weighted by atomic mass is 10.1. The van der Waals surface area contributed by atoms with Crippen LogP contribution in [0.2, 0.25) is 5.02 Å². The summed E-state index contributed by atoms with van der Waals surface area (Å²) in [6, 6.07) is 14.2. The molecule has 0 unspecified atom stereocenters. The zero-order chi connectivity index (χ0) is 25.9. The molecule has 4 amide bonds. The van der Waals surface area contributed by atoms with E-state index in [4.69, 9.17) is 16.3 Å². The minimum atomic E-state index is -0.544. The first kappa shape index (κ1) is 25.1. The van der Waals surface area contributed by atoms with Gasteiger partial charge < -0.3 is 19.5 Å². The number of fused-ring (bicyclic) bond motifs is 1. The minimum absolute atomic E-state index is 0.0124. The van der Waals surface area contributed by atoms with Gasteiger partial charge in [-0.05, 0) is 42.1 Å². The van der Waals surface area contributed by atoms with E-state index in [-0.39, 0.29) is 17.4 Å². The van der Waals surface area contributed by atoms with Crippen molar-refractivity contribution in [2.45, 2.75) is 6.54 Å². The van der Waals surface area contributed by atoms with E-state index < -0.39 is 23.6 Å². The van der Waals surface area contributed by atoms with E-state index in [1.807, 2.05) is 35.0 Å². The molecule has 2 fully saturated rings. The highest BCUT2D eigenvalue weighted by Crippen LogP contribution is 2.34. The minimum Gasteiger partial charge on any atom is -0.378 e. The first-order chi connectivity index (χ1) is 17.9. The molecule has 0 spiro atoms. The van der Waals surface area contributed by atoms with Crippen LogP contribution >= 0.6 is 23.4 Å². The number of carbonyl (C=O) groups excluding carboxylic acids is 4. The summed E-state index contributed by atoms with van der Waals surface area (Å²) in [5.41, 5.74) is 2.02. The predicted molar refractivity (Wildman–Crippen MR) is 142 cm³/mol. The van der Waals surface area contributed by atoms with Crippen LogP contribution in [-0.4, -0.2) is 70.2 Å². The van der Waals surface area contributed by atoms with E-state index in [0.29, 0.717) is 42.6 Å². The summed E-state index contributed by atoms with van der Waals surface area (Å²) in [6.07, 6.45) is 3.45. The molecule has 11 heteroatoms. The molecule has 2 aliphatic rings. The van der Waals surface area contributed by atoms with E-state index in [9.17, 15) is 19.2 Å². The molecule has 0 aliphatic carbocycles. The number of carbonyl (C=O) groups is 4. The number of amides is 4. The molecule has 0 radical (unpaired) electrons. The van der Waals surface area contributed by atoms with Crippen molar-refractivity contribution >= 4 is 69.0 Å². The van der Waals surface area contributed by atoms with Gasteiger partial charge >= 0.3 is 0 Å². The van der Waals surface area contributed by atoms with Gasteiger partial charge in [0.15, 0.2) is 0 Å². The third-order valence-corrected chi connectivity index (χ3v) is 7.20. The summed E-state index contributed by atoms with van der Waals surface area (Å²) < 4.78 is 7.18. The zero-order valence-electron chi connectivity index (χ0n) is 19.7. The summed E-state index contributed by atoms with van der Waals surface area (Å²) in [5.74, 6) is -1.07. The topological polar surface area (TPSA) is 101 Å². The Morgan fingerprint density at radius 2 is 1.84 bits per heavy atom. The maximum atomic E-state index is 13.0. The predicted octanol–water partition coefficient (Wildman–Crippen LogP) is 3.83. The molecular weight excluding hydrogens is 516 g/mol. The number of hydrogen-bond acceptors (Lipinski definition) is 6. The Labute approximate surface area is 222 Å². The molecule has 0 saturated carbocycles. The van der Waals surface area contributed by atoms with Crippen LogP contribution in [0.15, 0.2) is 59.6 Å². The number of rotatable bonds is 6. The number of para-hydroxylation sites is 1. The maximum absolute atomic E-state index is 13.0. The zero-order valence-corrected chi connectivity index (χ0v) is 21.3. The monoisotopic (exact) mass is 538 g/mol. The molecule has 3 heterocycles. The second-order valence-corrected chi connectivity index (χ2v) is 9.98. The first-order valence-electron chi connectivity index (χ1n) is 11.6. The summed E-state index contributed by atoms with van der Waals surface area (Å²) >= 11 is 6.72. The summed E-state index contributed by atoms with van der Waals surface area (Å²) in [7, 11) is 0. The normalized spacial score (nSPS) is 17.2. The molecule has 1 aromatic heterocycles. The van der Waals surface area contributed by atoms with Crippen LogP contribution in [0.25, 0.3) is 17.0 Å². The van der Waals surface area contributed by atoms with Gasteiger partial charge in [-0.15, -0.1) is 0 Å². The van der Waals surface area contributed by atoms with E-state index in [0.717, 1.165) is 27.6 Å². The molecule has 2 saturated heterocycles. The number of nitrogens with zero attached hydrogens (tertiary/aromatic N) is 3. The van der Waals surface area contributed by atoms with E-state index in [1.165, 1.54) is 0 Å². The third kappa shape index (κ3) is 5.56. The maximum Gasteiger partial charge on any atom is 0.294 e. The molecule has 3 aromatic rings. The number of morpholine rings is 1. The number of thioether (sulfide) groups is 1. The Kier molecular flexibility index (Phi) is 7.31. The highest BCUT2D eigenvalue weighted by Gasteiger charge is 2.36. The van der Waals surface area contributed by atoms with Crippen LogP contribution in [-0.2, 0) is 25.7 Å². The van der Waals surface area contributed by atoms with Gasteiger partial charge in [0.2, 0.25) is 11.8 Å². The van der Waals surface area contributed by atoms with Crippen molar-refractivity contribution in [3.8, 4) is 0 Å². The summed E-state index contributed by atoms with van der Waals surface area (Å²) in [6.45, 7) is 1.91. The second kappa shape index (κ2) is 10.8. The van der Waals surface area contributed by atoms with Crippen molar-refractivity contribution in [1.29, 1.82) is 0 Å². The smallest absolute Gasteiger partial charge is 0.294 e. The number of aromatic nitrogens is 1. The molecule has 2 aromatic carbocycles. The number of ether oxygens (including phenoxy) is 1. The van der Waals surface area contributed by atoms with Crippen molar-refractivity contribution in [3.63, 3.8) is 0 Å². The van der Waals surface area contributed by atoms with Crippen LogP contribution in [0.3, 0.4) is 0 Å². The van der Waals surface area contributed by atoms with Gasteiger partial charge in [0.05, 0.1) is 18.1 Å². The highest BCUT2D eigenvalue weighted by molar-refractivity contribution is 8.18. The Bertz CT molecular complexity index is 1430. The van der Waals surface area contributed by atoms with Crippen LogP contribution in [0.4, 0.5) is 10.5 Å². The fourth-order valence-electron chi connectivity index (χ4n) is 4.27. The average Bonchev–Trinajstić information content (AvgIpc) is 3.36.